The number of Topliss-reactive ketones (excluding diaryl/α,β-unsaturated/α-hetero) is 1. The van der Waals surface area contributed by atoms with E-state index in [1.807, 2.05) is 78.2 Å². The Morgan fingerprint density at radius 3 is 1.94 bits per heavy atom. The molecule has 47 heavy (non-hydrogen) atoms. The van der Waals surface area contributed by atoms with E-state index >= 15 is 4.79 Å². The van der Waals surface area contributed by atoms with Gasteiger partial charge in [0.25, 0.3) is 5.56 Å². The normalized spacial score (nSPS) is 17.0. The van der Waals surface area contributed by atoms with Gasteiger partial charge in [-0.25, -0.2) is 0 Å². The van der Waals surface area contributed by atoms with E-state index in [4.69, 9.17) is 35.4 Å². The summed E-state index contributed by atoms with van der Waals surface area (Å²) in [5, 5.41) is 1.14. The Morgan fingerprint density at radius 2 is 1.34 bits per heavy atom. The molecule has 5 nitrogen and oxygen atoms in total. The summed E-state index contributed by atoms with van der Waals surface area (Å²) in [6.45, 7) is 6.75. The third-order valence-electron chi connectivity index (χ3n) is 9.09. The maximum Gasteiger partial charge on any atom is 0.265 e. The smallest absolute Gasteiger partial charge is 0.265 e. The van der Waals surface area contributed by atoms with Crippen LogP contribution >= 0.6 is 35.4 Å². The van der Waals surface area contributed by atoms with Crippen LogP contribution in [0, 0.1) is 17.1 Å². The standard InChI is InChI=1S/C39H33Cl2N3O2S/c1-24-9-11-26(12-10-24)33-34-31(21-39(2,3)22-32(34)45)42(23-25-7-5-4-6-8-25)36-35(33)37(46)44(30-19-15-28(41)16-20-30)38(47)43(36)29-17-13-27(40)14-18-29/h4-20,33H,21-23H2,1-3H3. The van der Waals surface area contributed by atoms with Gasteiger partial charge in [-0.3, -0.25) is 18.7 Å². The zero-order chi connectivity index (χ0) is 33.0. The van der Waals surface area contributed by atoms with Gasteiger partial charge in [0.15, 0.2) is 10.6 Å². The lowest BCUT2D eigenvalue weighted by Crippen LogP contribution is -2.44. The lowest BCUT2D eigenvalue weighted by molar-refractivity contribution is -0.118. The third kappa shape index (κ3) is 5.69. The molecule has 7 rings (SSSR count). The Morgan fingerprint density at radius 1 is 0.766 bits per heavy atom. The van der Waals surface area contributed by atoms with Crippen LogP contribution in [0.2, 0.25) is 10.0 Å². The van der Waals surface area contributed by atoms with Gasteiger partial charge >= 0.3 is 0 Å². The van der Waals surface area contributed by atoms with Crippen LogP contribution in [0.4, 0.5) is 5.82 Å². The second-order valence-electron chi connectivity index (χ2n) is 13.2. The fraction of sp³-hybridized carbons (Fsp3) is 0.205. The second kappa shape index (κ2) is 12.1. The van der Waals surface area contributed by atoms with Crippen molar-refractivity contribution in [2.45, 2.75) is 46.1 Å². The highest BCUT2D eigenvalue weighted by molar-refractivity contribution is 7.71. The molecular weight excluding hydrogens is 645 g/mol. The molecule has 0 spiro atoms. The van der Waals surface area contributed by atoms with E-state index in [2.05, 4.69) is 30.9 Å². The Balaban J connectivity index is 1.66. The molecule has 0 saturated heterocycles. The molecule has 1 aromatic heterocycles. The molecule has 0 fully saturated rings. The molecule has 236 valence electrons. The molecule has 1 atom stereocenters. The van der Waals surface area contributed by atoms with Crippen molar-refractivity contribution < 1.29 is 4.79 Å². The molecule has 1 unspecified atom stereocenters. The number of anilines is 1. The molecule has 0 saturated carbocycles. The molecule has 0 radical (unpaired) electrons. The van der Waals surface area contributed by atoms with Crippen LogP contribution in [0.5, 0.6) is 0 Å². The summed E-state index contributed by atoms with van der Waals surface area (Å²) in [5.74, 6) is 0.117. The molecule has 8 heteroatoms. The molecule has 0 bridgehead atoms. The van der Waals surface area contributed by atoms with Gasteiger partial charge < -0.3 is 4.90 Å². The monoisotopic (exact) mass is 677 g/mol. The fourth-order valence-electron chi connectivity index (χ4n) is 6.94. The van der Waals surface area contributed by atoms with Gasteiger partial charge in [0.05, 0.1) is 11.3 Å². The van der Waals surface area contributed by atoms with E-state index in [1.165, 1.54) is 0 Å². The number of benzene rings is 4. The molecule has 2 heterocycles. The van der Waals surface area contributed by atoms with E-state index in [1.54, 1.807) is 28.8 Å². The molecule has 5 aromatic rings. The highest BCUT2D eigenvalue weighted by atomic mass is 35.5. The number of carbonyl (C=O) groups is 1. The quantitative estimate of drug-likeness (QED) is 0.174. The van der Waals surface area contributed by atoms with Crippen LogP contribution in [-0.4, -0.2) is 14.9 Å². The zero-order valence-electron chi connectivity index (χ0n) is 26.3. The molecule has 1 aliphatic carbocycles. The maximum atomic E-state index is 15.2. The molecule has 0 N–H and O–H groups in total. The molecule has 4 aromatic carbocycles. The number of hydrogen-bond donors (Lipinski definition) is 0. The largest absolute Gasteiger partial charge is 0.326 e. The number of halogens is 2. The van der Waals surface area contributed by atoms with Gasteiger partial charge in [-0.1, -0.05) is 97.2 Å². The Labute approximate surface area is 289 Å². The summed E-state index contributed by atoms with van der Waals surface area (Å²) in [4.78, 5) is 31.8. The number of carbonyl (C=O) groups excluding carboxylic acids is 1. The van der Waals surface area contributed by atoms with Gasteiger partial charge in [-0.15, -0.1) is 0 Å². The van der Waals surface area contributed by atoms with E-state index in [9.17, 15) is 4.79 Å². The minimum Gasteiger partial charge on any atom is -0.326 e. The SMILES string of the molecule is Cc1ccc(C2C3=C(CC(C)(C)CC3=O)N(Cc3ccccc3)c3c2c(=O)n(-c2ccc(Cl)cc2)c(=S)n3-c2ccc(Cl)cc2)cc1. The van der Waals surface area contributed by atoms with Gasteiger partial charge in [0, 0.05) is 45.9 Å². The summed E-state index contributed by atoms with van der Waals surface area (Å²) in [6, 6.07) is 32.8. The zero-order valence-corrected chi connectivity index (χ0v) is 28.7. The first kappa shape index (κ1) is 31.4. The van der Waals surface area contributed by atoms with Gasteiger partial charge in [0.1, 0.15) is 5.82 Å². The first-order valence-electron chi connectivity index (χ1n) is 15.6. The number of rotatable bonds is 5. The van der Waals surface area contributed by atoms with E-state index in [0.29, 0.717) is 56.8 Å². The fourth-order valence-corrected chi connectivity index (χ4v) is 7.58. The summed E-state index contributed by atoms with van der Waals surface area (Å²) in [7, 11) is 0. The lowest BCUT2D eigenvalue weighted by Gasteiger charge is -2.45. The number of aromatic nitrogens is 2. The molecule has 0 amide bonds. The van der Waals surface area contributed by atoms with Crippen molar-refractivity contribution in [2.75, 3.05) is 4.90 Å². The van der Waals surface area contributed by atoms with Crippen LogP contribution in [0.25, 0.3) is 11.4 Å². The molecular formula is C39H33Cl2N3O2S. The predicted octanol–water partition coefficient (Wildman–Crippen LogP) is 9.77. The van der Waals surface area contributed by atoms with Crippen LogP contribution in [0.15, 0.2) is 119 Å². The minimum absolute atomic E-state index is 0.0588. The number of nitrogens with zero attached hydrogens (tertiary/aromatic N) is 3. The van der Waals surface area contributed by atoms with Crippen molar-refractivity contribution >= 4 is 47.0 Å². The van der Waals surface area contributed by atoms with Crippen LogP contribution in [-0.2, 0) is 11.3 Å². The summed E-state index contributed by atoms with van der Waals surface area (Å²) in [6.07, 6.45) is 1.06. The van der Waals surface area contributed by atoms with Crippen LogP contribution in [0.1, 0.15) is 54.9 Å². The second-order valence-corrected chi connectivity index (χ2v) is 14.4. The Bertz CT molecular complexity index is 2170. The number of hydrogen-bond acceptors (Lipinski definition) is 4. The topological polar surface area (TPSA) is 47.2 Å². The van der Waals surface area contributed by atoms with Crippen LogP contribution < -0.4 is 10.5 Å². The first-order chi connectivity index (χ1) is 22.5. The average Bonchev–Trinajstić information content (AvgIpc) is 3.04. The van der Waals surface area contributed by atoms with Crippen molar-refractivity contribution in [1.29, 1.82) is 0 Å². The van der Waals surface area contributed by atoms with Crippen molar-refractivity contribution in [3.63, 3.8) is 0 Å². The Hall–Kier alpha value is -4.23. The van der Waals surface area contributed by atoms with Gasteiger partial charge in [-0.2, -0.15) is 0 Å². The Kier molecular flexibility index (Phi) is 8.07. The minimum atomic E-state index is -0.601. The molecule has 1 aliphatic heterocycles. The summed E-state index contributed by atoms with van der Waals surface area (Å²) in [5.41, 5.74) is 5.91. The molecule has 2 aliphatic rings. The average molecular weight is 679 g/mol. The van der Waals surface area contributed by atoms with Gasteiger partial charge in [-0.05, 0) is 90.6 Å². The first-order valence-corrected chi connectivity index (χ1v) is 16.8. The predicted molar refractivity (Wildman–Crippen MR) is 193 cm³/mol. The van der Waals surface area contributed by atoms with Crippen molar-refractivity contribution in [2.24, 2.45) is 5.41 Å². The highest BCUT2D eigenvalue weighted by Gasteiger charge is 2.46. The van der Waals surface area contributed by atoms with E-state index in [0.717, 1.165) is 28.1 Å². The van der Waals surface area contributed by atoms with Crippen molar-refractivity contribution in [3.8, 4) is 11.4 Å². The van der Waals surface area contributed by atoms with E-state index in [-0.39, 0.29) is 16.8 Å². The summed E-state index contributed by atoms with van der Waals surface area (Å²) < 4.78 is 3.82. The van der Waals surface area contributed by atoms with Crippen molar-refractivity contribution in [1.82, 2.24) is 9.13 Å². The lowest BCUT2D eigenvalue weighted by atomic mass is 9.68. The number of allylic oxidation sites excluding steroid dienone is 2. The summed E-state index contributed by atoms with van der Waals surface area (Å²) >= 11 is 18.9. The van der Waals surface area contributed by atoms with Crippen LogP contribution in [0.3, 0.4) is 0 Å². The third-order valence-corrected chi connectivity index (χ3v) is 9.96. The number of fused-ring (bicyclic) bond motifs is 1. The van der Waals surface area contributed by atoms with E-state index < -0.39 is 5.92 Å². The number of ketones is 1. The maximum absolute atomic E-state index is 15.2. The number of aryl methyl sites for hydroxylation is 1. The van der Waals surface area contributed by atoms with Crippen molar-refractivity contribution in [3.05, 3.63) is 162 Å². The van der Waals surface area contributed by atoms with Gasteiger partial charge in [0.2, 0.25) is 0 Å². The highest BCUT2D eigenvalue weighted by Crippen LogP contribution is 2.51.